The third-order valence-corrected chi connectivity index (χ3v) is 3.57. The molecule has 0 bridgehead atoms. The van der Waals surface area contributed by atoms with Gasteiger partial charge in [0.15, 0.2) is 0 Å². The molecular weight excluding hydrogens is 230 g/mol. The van der Waals surface area contributed by atoms with E-state index in [0.717, 1.165) is 26.1 Å². The molecule has 1 rings (SSSR count). The van der Waals surface area contributed by atoms with Crippen molar-refractivity contribution >= 4 is 11.8 Å². The lowest BCUT2D eigenvalue weighted by molar-refractivity contribution is -0.130. The van der Waals surface area contributed by atoms with Gasteiger partial charge in [0.2, 0.25) is 11.8 Å². The fourth-order valence-corrected chi connectivity index (χ4v) is 2.32. The number of carbonyl (C=O) groups is 2. The number of hydrogen-bond donors (Lipinski definition) is 2. The Hall–Kier alpha value is -1.10. The summed E-state index contributed by atoms with van der Waals surface area (Å²) in [4.78, 5) is 25.4. The summed E-state index contributed by atoms with van der Waals surface area (Å²) in [6.45, 7) is 8.78. The van der Waals surface area contributed by atoms with Crippen molar-refractivity contribution in [2.45, 2.75) is 39.7 Å². The highest BCUT2D eigenvalue weighted by atomic mass is 16.2. The summed E-state index contributed by atoms with van der Waals surface area (Å²) in [6.07, 6.45) is 1.42. The summed E-state index contributed by atoms with van der Waals surface area (Å²) < 4.78 is 0. The highest BCUT2D eigenvalue weighted by Gasteiger charge is 2.28. The van der Waals surface area contributed by atoms with Gasteiger partial charge in [-0.1, -0.05) is 6.92 Å². The molecule has 0 saturated carbocycles. The molecule has 2 unspecified atom stereocenters. The minimum absolute atomic E-state index is 0.0207. The molecule has 2 atom stereocenters. The lowest BCUT2D eigenvalue weighted by Gasteiger charge is -2.19. The van der Waals surface area contributed by atoms with Gasteiger partial charge in [-0.3, -0.25) is 9.59 Å². The average molecular weight is 255 g/mol. The first-order chi connectivity index (χ1) is 8.60. The van der Waals surface area contributed by atoms with Crippen molar-refractivity contribution < 1.29 is 9.59 Å². The zero-order valence-electron chi connectivity index (χ0n) is 11.7. The van der Waals surface area contributed by atoms with Crippen LogP contribution in [-0.2, 0) is 9.59 Å². The molecule has 5 heteroatoms. The molecule has 1 aliphatic rings. The van der Waals surface area contributed by atoms with Crippen LogP contribution in [0.5, 0.6) is 0 Å². The summed E-state index contributed by atoms with van der Waals surface area (Å²) in [5, 5.41) is 6.02. The predicted molar refractivity (Wildman–Crippen MR) is 71.1 cm³/mol. The highest BCUT2D eigenvalue weighted by Crippen LogP contribution is 2.14. The van der Waals surface area contributed by atoms with Gasteiger partial charge in [-0.15, -0.1) is 0 Å². The van der Waals surface area contributed by atoms with Crippen LogP contribution >= 0.6 is 0 Å². The minimum atomic E-state index is -0.0893. The van der Waals surface area contributed by atoms with Crippen LogP contribution in [0.15, 0.2) is 0 Å². The van der Waals surface area contributed by atoms with Crippen LogP contribution in [0.25, 0.3) is 0 Å². The summed E-state index contributed by atoms with van der Waals surface area (Å²) in [7, 11) is 0. The largest absolute Gasteiger partial charge is 0.354 e. The van der Waals surface area contributed by atoms with Crippen molar-refractivity contribution in [2.24, 2.45) is 5.92 Å². The molecule has 1 aliphatic heterocycles. The third-order valence-electron chi connectivity index (χ3n) is 3.57. The maximum atomic E-state index is 11.8. The average Bonchev–Trinajstić information content (AvgIpc) is 2.77. The van der Waals surface area contributed by atoms with Crippen LogP contribution in [-0.4, -0.2) is 48.9 Å². The number of carbonyl (C=O) groups excluding carboxylic acids is 2. The van der Waals surface area contributed by atoms with Crippen molar-refractivity contribution in [3.8, 4) is 0 Å². The first kappa shape index (κ1) is 15.0. The molecule has 0 spiro atoms. The molecule has 2 amide bonds. The SMILES string of the molecule is CCN(CC)C(=O)CCNC(=O)C1NCCC1C. The molecule has 18 heavy (non-hydrogen) atoms. The lowest BCUT2D eigenvalue weighted by Crippen LogP contribution is -2.44. The van der Waals surface area contributed by atoms with Crippen molar-refractivity contribution in [3.63, 3.8) is 0 Å². The van der Waals surface area contributed by atoms with E-state index >= 15 is 0 Å². The van der Waals surface area contributed by atoms with Crippen LogP contribution in [0.1, 0.15) is 33.6 Å². The normalized spacial score (nSPS) is 22.8. The molecule has 5 nitrogen and oxygen atoms in total. The van der Waals surface area contributed by atoms with E-state index in [4.69, 9.17) is 0 Å². The van der Waals surface area contributed by atoms with E-state index in [9.17, 15) is 9.59 Å². The Labute approximate surface area is 109 Å². The van der Waals surface area contributed by atoms with E-state index in [0.29, 0.717) is 18.9 Å². The fraction of sp³-hybridized carbons (Fsp3) is 0.846. The summed E-state index contributed by atoms with van der Waals surface area (Å²) >= 11 is 0. The zero-order chi connectivity index (χ0) is 13.5. The van der Waals surface area contributed by atoms with E-state index in [1.54, 1.807) is 4.90 Å². The molecule has 2 N–H and O–H groups in total. The second-order valence-corrected chi connectivity index (χ2v) is 4.80. The Morgan fingerprint density at radius 2 is 2.00 bits per heavy atom. The monoisotopic (exact) mass is 255 g/mol. The van der Waals surface area contributed by atoms with E-state index in [1.165, 1.54) is 0 Å². The molecule has 0 aromatic rings. The molecule has 1 heterocycles. The summed E-state index contributed by atoms with van der Waals surface area (Å²) in [6, 6.07) is -0.0893. The third kappa shape index (κ3) is 3.98. The number of amides is 2. The van der Waals surface area contributed by atoms with Crippen molar-refractivity contribution in [1.29, 1.82) is 0 Å². The van der Waals surface area contributed by atoms with E-state index in [-0.39, 0.29) is 17.9 Å². The second kappa shape index (κ2) is 7.36. The van der Waals surface area contributed by atoms with Crippen molar-refractivity contribution in [3.05, 3.63) is 0 Å². The number of hydrogen-bond acceptors (Lipinski definition) is 3. The predicted octanol–water partition coefficient (Wildman–Crippen LogP) is 0.359. The molecule has 0 aromatic heterocycles. The maximum Gasteiger partial charge on any atom is 0.237 e. The molecule has 1 fully saturated rings. The summed E-state index contributed by atoms with van der Waals surface area (Å²) in [5.41, 5.74) is 0. The van der Waals surface area contributed by atoms with E-state index < -0.39 is 0 Å². The smallest absolute Gasteiger partial charge is 0.237 e. The molecule has 0 aliphatic carbocycles. The topological polar surface area (TPSA) is 61.4 Å². The van der Waals surface area contributed by atoms with Gasteiger partial charge >= 0.3 is 0 Å². The van der Waals surface area contributed by atoms with Crippen molar-refractivity contribution in [2.75, 3.05) is 26.2 Å². The number of nitrogens with one attached hydrogen (secondary N) is 2. The van der Waals surface area contributed by atoms with Crippen LogP contribution in [0.4, 0.5) is 0 Å². The Morgan fingerprint density at radius 3 is 2.50 bits per heavy atom. The fourth-order valence-electron chi connectivity index (χ4n) is 2.32. The van der Waals surface area contributed by atoms with Gasteiger partial charge in [0.1, 0.15) is 0 Å². The van der Waals surface area contributed by atoms with Gasteiger partial charge in [0.05, 0.1) is 6.04 Å². The van der Waals surface area contributed by atoms with Crippen LogP contribution in [0.2, 0.25) is 0 Å². The quantitative estimate of drug-likeness (QED) is 0.720. The van der Waals surface area contributed by atoms with Crippen molar-refractivity contribution in [1.82, 2.24) is 15.5 Å². The number of rotatable bonds is 6. The van der Waals surface area contributed by atoms with Gasteiger partial charge in [-0.25, -0.2) is 0 Å². The molecule has 0 radical (unpaired) electrons. The van der Waals surface area contributed by atoms with E-state index in [2.05, 4.69) is 17.6 Å². The number of nitrogens with zero attached hydrogens (tertiary/aromatic N) is 1. The van der Waals surface area contributed by atoms with Crippen LogP contribution in [0.3, 0.4) is 0 Å². The zero-order valence-corrected chi connectivity index (χ0v) is 11.7. The molecule has 1 saturated heterocycles. The Balaban J connectivity index is 2.25. The van der Waals surface area contributed by atoms with Gasteiger partial charge in [0, 0.05) is 26.1 Å². The second-order valence-electron chi connectivity index (χ2n) is 4.80. The van der Waals surface area contributed by atoms with Gasteiger partial charge in [0.25, 0.3) is 0 Å². The molecular formula is C13H25N3O2. The molecule has 104 valence electrons. The molecule has 0 aromatic carbocycles. The Kier molecular flexibility index (Phi) is 6.12. The van der Waals surface area contributed by atoms with Gasteiger partial charge < -0.3 is 15.5 Å². The Bertz CT molecular complexity index is 290. The van der Waals surface area contributed by atoms with E-state index in [1.807, 2.05) is 13.8 Å². The first-order valence-electron chi connectivity index (χ1n) is 6.89. The minimum Gasteiger partial charge on any atom is -0.354 e. The van der Waals surface area contributed by atoms with Crippen LogP contribution < -0.4 is 10.6 Å². The van der Waals surface area contributed by atoms with Gasteiger partial charge in [-0.2, -0.15) is 0 Å². The summed E-state index contributed by atoms with van der Waals surface area (Å²) in [5.74, 6) is 0.503. The highest BCUT2D eigenvalue weighted by molar-refractivity contribution is 5.83. The van der Waals surface area contributed by atoms with Crippen LogP contribution in [0, 0.1) is 5.92 Å². The first-order valence-corrected chi connectivity index (χ1v) is 6.89. The lowest BCUT2D eigenvalue weighted by atomic mass is 10.0. The Morgan fingerprint density at radius 1 is 1.33 bits per heavy atom. The van der Waals surface area contributed by atoms with Gasteiger partial charge in [-0.05, 0) is 32.7 Å². The maximum absolute atomic E-state index is 11.8. The standard InChI is InChI=1S/C13H25N3O2/c1-4-16(5-2)11(17)7-9-15-13(18)12-10(3)6-8-14-12/h10,12,14H,4-9H2,1-3H3,(H,15,18).